The Morgan fingerprint density at radius 3 is 2.86 bits per heavy atom. The molecule has 1 aromatic heterocycles. The average Bonchev–Trinajstić information content (AvgIpc) is 2.01. The number of rotatable bonds is 3. The van der Waals surface area contributed by atoms with Crippen LogP contribution >= 0.6 is 12.2 Å². The smallest absolute Gasteiger partial charge is 0.339 e. The first kappa shape index (κ1) is 10.8. The molecule has 0 bridgehead atoms. The number of carboxylic acids is 1. The summed E-state index contributed by atoms with van der Waals surface area (Å²) < 4.78 is 0.325. The molecule has 1 rings (SSSR count). The third-order valence-electron chi connectivity index (χ3n) is 1.74. The van der Waals surface area contributed by atoms with Gasteiger partial charge in [0.05, 0.1) is 5.56 Å². The van der Waals surface area contributed by atoms with Crippen LogP contribution in [0.3, 0.4) is 0 Å². The van der Waals surface area contributed by atoms with Crippen LogP contribution < -0.4 is 0 Å². The first-order valence-electron chi connectivity index (χ1n) is 4.32. The molecule has 14 heavy (non-hydrogen) atoms. The first-order chi connectivity index (χ1) is 6.50. The number of carbonyl (C=O) groups is 1. The maximum atomic E-state index is 10.8. The second-order valence-corrected chi connectivity index (χ2v) is 3.87. The number of aromatic nitrogens is 2. The van der Waals surface area contributed by atoms with Crippen LogP contribution in [0.2, 0.25) is 0 Å². The summed E-state index contributed by atoms with van der Waals surface area (Å²) in [7, 11) is 0. The van der Waals surface area contributed by atoms with E-state index in [0.717, 1.165) is 0 Å². The lowest BCUT2D eigenvalue weighted by atomic mass is 10.0. The predicted molar refractivity (Wildman–Crippen MR) is 54.9 cm³/mol. The highest BCUT2D eigenvalue weighted by Crippen LogP contribution is 2.10. The van der Waals surface area contributed by atoms with Gasteiger partial charge in [-0.2, -0.15) is 0 Å². The van der Waals surface area contributed by atoms with E-state index in [4.69, 9.17) is 17.3 Å². The number of hydrogen-bond donors (Lipinski definition) is 2. The minimum atomic E-state index is -0.973. The zero-order chi connectivity index (χ0) is 10.7. The van der Waals surface area contributed by atoms with Gasteiger partial charge in [0.15, 0.2) is 4.77 Å². The fourth-order valence-corrected chi connectivity index (χ4v) is 1.36. The number of aromatic amines is 1. The predicted octanol–water partition coefficient (Wildman–Crippen LogP) is 2.04. The molecule has 0 saturated carbocycles. The van der Waals surface area contributed by atoms with Crippen molar-refractivity contribution in [1.29, 1.82) is 0 Å². The van der Waals surface area contributed by atoms with E-state index in [1.54, 1.807) is 0 Å². The van der Waals surface area contributed by atoms with Crippen LogP contribution in [0.4, 0.5) is 0 Å². The zero-order valence-corrected chi connectivity index (χ0v) is 8.89. The Kier molecular flexibility index (Phi) is 3.35. The Balaban J connectivity index is 3.16. The van der Waals surface area contributed by atoms with Gasteiger partial charge in [-0.15, -0.1) is 0 Å². The molecule has 0 fully saturated rings. The Hall–Kier alpha value is -1.23. The Morgan fingerprint density at radius 1 is 1.71 bits per heavy atom. The summed E-state index contributed by atoms with van der Waals surface area (Å²) in [6.07, 6.45) is 1.96. The molecular weight excluding hydrogens is 200 g/mol. The summed E-state index contributed by atoms with van der Waals surface area (Å²) in [6.45, 7) is 4.03. The number of nitrogens with zero attached hydrogens (tertiary/aromatic N) is 1. The monoisotopic (exact) mass is 212 g/mol. The number of H-pyrrole nitrogens is 1. The van der Waals surface area contributed by atoms with Crippen molar-refractivity contribution < 1.29 is 9.90 Å². The summed E-state index contributed by atoms with van der Waals surface area (Å²) in [5, 5.41) is 8.88. The van der Waals surface area contributed by atoms with Gasteiger partial charge in [-0.25, -0.2) is 9.78 Å². The standard InChI is InChI=1S/C9H12N2O2S/c1-5(2)3-7-6(8(12)13)4-10-9(14)11-7/h4-5H,3H2,1-2H3,(H,12,13)(H,10,11,14). The van der Waals surface area contributed by atoms with E-state index in [1.165, 1.54) is 6.20 Å². The van der Waals surface area contributed by atoms with E-state index in [1.807, 2.05) is 13.8 Å². The number of hydrogen-bond acceptors (Lipinski definition) is 3. The molecule has 0 aromatic carbocycles. The maximum absolute atomic E-state index is 10.8. The van der Waals surface area contributed by atoms with Crippen LogP contribution in [0.15, 0.2) is 6.20 Å². The quantitative estimate of drug-likeness (QED) is 0.752. The van der Waals surface area contributed by atoms with E-state index < -0.39 is 5.97 Å². The molecule has 1 aromatic rings. The third-order valence-corrected chi connectivity index (χ3v) is 1.94. The van der Waals surface area contributed by atoms with Crippen molar-refractivity contribution in [2.75, 3.05) is 0 Å². The van der Waals surface area contributed by atoms with Crippen molar-refractivity contribution in [2.24, 2.45) is 5.92 Å². The largest absolute Gasteiger partial charge is 0.478 e. The fourth-order valence-electron chi connectivity index (χ4n) is 1.18. The molecule has 2 N–H and O–H groups in total. The molecule has 0 radical (unpaired) electrons. The molecule has 76 valence electrons. The van der Waals surface area contributed by atoms with Gasteiger partial charge in [0.25, 0.3) is 0 Å². The molecule has 0 amide bonds. The van der Waals surface area contributed by atoms with Crippen LogP contribution in [0.5, 0.6) is 0 Å². The molecule has 0 aliphatic carbocycles. The van der Waals surface area contributed by atoms with E-state index in [0.29, 0.717) is 22.8 Å². The lowest BCUT2D eigenvalue weighted by Gasteiger charge is -2.07. The Morgan fingerprint density at radius 2 is 2.36 bits per heavy atom. The molecule has 0 saturated heterocycles. The molecule has 0 unspecified atom stereocenters. The molecule has 0 spiro atoms. The van der Waals surface area contributed by atoms with Crippen molar-refractivity contribution in [2.45, 2.75) is 20.3 Å². The van der Waals surface area contributed by atoms with Gasteiger partial charge < -0.3 is 10.1 Å². The van der Waals surface area contributed by atoms with Gasteiger partial charge in [0, 0.05) is 11.9 Å². The summed E-state index contributed by atoms with van der Waals surface area (Å²) in [4.78, 5) is 17.4. The van der Waals surface area contributed by atoms with Crippen LogP contribution in [0.1, 0.15) is 29.9 Å². The highest BCUT2D eigenvalue weighted by Gasteiger charge is 2.11. The van der Waals surface area contributed by atoms with Crippen molar-refractivity contribution in [1.82, 2.24) is 9.97 Å². The summed E-state index contributed by atoms with van der Waals surface area (Å²) >= 11 is 4.84. The zero-order valence-electron chi connectivity index (χ0n) is 8.07. The Bertz CT molecular complexity index is 398. The van der Waals surface area contributed by atoms with E-state index in [-0.39, 0.29) is 5.56 Å². The normalized spacial score (nSPS) is 10.5. The van der Waals surface area contributed by atoms with E-state index in [2.05, 4.69) is 9.97 Å². The molecule has 1 heterocycles. The summed E-state index contributed by atoms with van der Waals surface area (Å²) in [5.41, 5.74) is 0.847. The van der Waals surface area contributed by atoms with Crippen molar-refractivity contribution >= 4 is 18.2 Å². The average molecular weight is 212 g/mol. The third kappa shape index (κ3) is 2.63. The highest BCUT2D eigenvalue weighted by molar-refractivity contribution is 7.71. The van der Waals surface area contributed by atoms with Gasteiger partial charge in [0.1, 0.15) is 0 Å². The second kappa shape index (κ2) is 4.32. The number of aromatic carboxylic acids is 1. The summed E-state index contributed by atoms with van der Waals surface area (Å²) in [5.74, 6) is -0.597. The molecular formula is C9H12N2O2S. The molecule has 0 atom stereocenters. The topological polar surface area (TPSA) is 66.0 Å². The Labute approximate surface area is 87.0 Å². The maximum Gasteiger partial charge on any atom is 0.339 e. The van der Waals surface area contributed by atoms with E-state index >= 15 is 0 Å². The SMILES string of the molecule is CC(C)Cc1[nH]c(=S)ncc1C(=O)O. The lowest BCUT2D eigenvalue weighted by Crippen LogP contribution is -2.08. The van der Waals surface area contributed by atoms with Crippen LogP contribution in [-0.4, -0.2) is 21.0 Å². The molecule has 5 heteroatoms. The van der Waals surface area contributed by atoms with Gasteiger partial charge in [-0.3, -0.25) is 0 Å². The minimum absolute atomic E-state index is 0.201. The molecule has 4 nitrogen and oxygen atoms in total. The van der Waals surface area contributed by atoms with Crippen molar-refractivity contribution in [3.05, 3.63) is 22.2 Å². The van der Waals surface area contributed by atoms with Gasteiger partial charge in [-0.1, -0.05) is 13.8 Å². The molecule has 0 aliphatic heterocycles. The van der Waals surface area contributed by atoms with Gasteiger partial charge >= 0.3 is 5.97 Å². The van der Waals surface area contributed by atoms with Gasteiger partial charge in [0.2, 0.25) is 0 Å². The van der Waals surface area contributed by atoms with E-state index in [9.17, 15) is 4.79 Å². The number of nitrogens with one attached hydrogen (secondary N) is 1. The highest BCUT2D eigenvalue weighted by atomic mass is 32.1. The fraction of sp³-hybridized carbons (Fsp3) is 0.444. The van der Waals surface area contributed by atoms with Crippen molar-refractivity contribution in [3.63, 3.8) is 0 Å². The molecule has 0 aliphatic rings. The number of carboxylic acid groups (broad SMARTS) is 1. The van der Waals surface area contributed by atoms with Crippen LogP contribution in [0.25, 0.3) is 0 Å². The van der Waals surface area contributed by atoms with Crippen molar-refractivity contribution in [3.8, 4) is 0 Å². The van der Waals surface area contributed by atoms with Crippen LogP contribution in [0, 0.1) is 10.7 Å². The lowest BCUT2D eigenvalue weighted by molar-refractivity contribution is 0.0694. The van der Waals surface area contributed by atoms with Crippen LogP contribution in [-0.2, 0) is 6.42 Å². The minimum Gasteiger partial charge on any atom is -0.478 e. The summed E-state index contributed by atoms with van der Waals surface area (Å²) in [6, 6.07) is 0. The van der Waals surface area contributed by atoms with Gasteiger partial charge in [-0.05, 0) is 24.6 Å². The first-order valence-corrected chi connectivity index (χ1v) is 4.73. The second-order valence-electron chi connectivity index (χ2n) is 3.48.